The molecule has 3 aliphatic carbocycles. The number of fused-ring (bicyclic) bond motifs is 3. The van der Waals surface area contributed by atoms with Gasteiger partial charge in [0.15, 0.2) is 0 Å². The standard InChI is InChI=1S/C34H29N/c1-3-10-29(11-4-1)35(30-12-5-2-6-13-30)34-23-28(21-27-9-7-8-14-32(27)34)26-19-20-31-24-15-17-25(18-16-24)33(31)22-26/h1-14,19-25H,15-18H2. The van der Waals surface area contributed by atoms with Gasteiger partial charge in [0.2, 0.25) is 0 Å². The molecule has 1 nitrogen and oxygen atoms in total. The van der Waals surface area contributed by atoms with Crippen molar-refractivity contribution in [3.8, 4) is 11.1 Å². The number of rotatable bonds is 4. The van der Waals surface area contributed by atoms with Gasteiger partial charge < -0.3 is 4.90 Å². The molecule has 2 bridgehead atoms. The zero-order valence-corrected chi connectivity index (χ0v) is 19.9. The number of benzene rings is 5. The second-order valence-electron chi connectivity index (χ2n) is 10.1. The highest BCUT2D eigenvalue weighted by Gasteiger charge is 2.32. The molecule has 1 fully saturated rings. The molecule has 0 aromatic heterocycles. The molecule has 3 aliphatic rings. The lowest BCUT2D eigenvalue weighted by Crippen LogP contribution is -2.21. The van der Waals surface area contributed by atoms with E-state index in [9.17, 15) is 0 Å². The van der Waals surface area contributed by atoms with Gasteiger partial charge in [0, 0.05) is 16.8 Å². The monoisotopic (exact) mass is 451 g/mol. The number of hydrogen-bond donors (Lipinski definition) is 0. The van der Waals surface area contributed by atoms with E-state index in [0.717, 1.165) is 11.8 Å². The predicted molar refractivity (Wildman–Crippen MR) is 148 cm³/mol. The summed E-state index contributed by atoms with van der Waals surface area (Å²) < 4.78 is 0. The van der Waals surface area contributed by atoms with Gasteiger partial charge in [-0.15, -0.1) is 0 Å². The van der Waals surface area contributed by atoms with E-state index in [4.69, 9.17) is 0 Å². The predicted octanol–water partition coefficient (Wildman–Crippen LogP) is 9.73. The molecule has 0 saturated heterocycles. The van der Waals surface area contributed by atoms with E-state index in [1.54, 1.807) is 11.1 Å². The maximum absolute atomic E-state index is 2.51. The quantitative estimate of drug-likeness (QED) is 0.263. The highest BCUT2D eigenvalue weighted by Crippen LogP contribution is 2.50. The molecule has 1 heteroatoms. The maximum atomic E-state index is 2.51. The summed E-state index contributed by atoms with van der Waals surface area (Å²) in [6.07, 6.45) is 5.47. The number of nitrogens with zero attached hydrogens (tertiary/aromatic N) is 1. The van der Waals surface area contributed by atoms with Gasteiger partial charge in [0.05, 0.1) is 5.69 Å². The van der Waals surface area contributed by atoms with Crippen LogP contribution >= 0.6 is 0 Å². The molecule has 0 spiro atoms. The highest BCUT2D eigenvalue weighted by molar-refractivity contribution is 6.02. The van der Waals surface area contributed by atoms with Crippen molar-refractivity contribution in [1.82, 2.24) is 0 Å². The summed E-state index contributed by atoms with van der Waals surface area (Å²) in [7, 11) is 0. The van der Waals surface area contributed by atoms with Crippen molar-refractivity contribution >= 4 is 27.8 Å². The SMILES string of the molecule is c1ccc(N(c2ccccc2)c2cc(-c3ccc4c(c3)C3CCC4CC3)cc3ccccc23)cc1. The number of para-hydroxylation sites is 2. The fourth-order valence-corrected chi connectivity index (χ4v) is 6.42. The molecule has 8 rings (SSSR count). The Labute approximate surface area is 207 Å². The van der Waals surface area contributed by atoms with Crippen LogP contribution in [-0.4, -0.2) is 0 Å². The Kier molecular flexibility index (Phi) is 4.94. The minimum Gasteiger partial charge on any atom is -0.310 e. The minimum absolute atomic E-state index is 0.750. The Morgan fingerprint density at radius 1 is 0.486 bits per heavy atom. The van der Waals surface area contributed by atoms with Gasteiger partial charge in [-0.1, -0.05) is 78.9 Å². The fraction of sp³-hybridized carbons (Fsp3) is 0.176. The topological polar surface area (TPSA) is 3.24 Å². The second-order valence-corrected chi connectivity index (χ2v) is 10.1. The van der Waals surface area contributed by atoms with Crippen molar-refractivity contribution in [2.75, 3.05) is 4.90 Å². The lowest BCUT2D eigenvalue weighted by atomic mass is 9.66. The highest BCUT2D eigenvalue weighted by atomic mass is 15.1. The normalized spacial score (nSPS) is 18.4. The van der Waals surface area contributed by atoms with Crippen LogP contribution in [0.15, 0.2) is 115 Å². The fourth-order valence-electron chi connectivity index (χ4n) is 6.42. The van der Waals surface area contributed by atoms with Crippen LogP contribution in [0.3, 0.4) is 0 Å². The van der Waals surface area contributed by atoms with E-state index in [1.807, 2.05) is 0 Å². The molecule has 0 radical (unpaired) electrons. The van der Waals surface area contributed by atoms with Gasteiger partial charge in [-0.05, 0) is 102 Å². The summed E-state index contributed by atoms with van der Waals surface area (Å²) in [5.41, 5.74) is 9.42. The molecule has 5 aromatic rings. The van der Waals surface area contributed by atoms with E-state index >= 15 is 0 Å². The molecule has 0 unspecified atom stereocenters. The molecule has 0 amide bonds. The van der Waals surface area contributed by atoms with Gasteiger partial charge >= 0.3 is 0 Å². The van der Waals surface area contributed by atoms with Crippen molar-refractivity contribution < 1.29 is 0 Å². The van der Waals surface area contributed by atoms with Crippen molar-refractivity contribution in [3.63, 3.8) is 0 Å². The first-order valence-electron chi connectivity index (χ1n) is 12.9. The molecular weight excluding hydrogens is 422 g/mol. The van der Waals surface area contributed by atoms with Crippen LogP contribution < -0.4 is 4.90 Å². The summed E-state index contributed by atoms with van der Waals surface area (Å²) in [6, 6.07) is 42.3. The summed E-state index contributed by atoms with van der Waals surface area (Å²) in [5, 5.41) is 2.54. The zero-order chi connectivity index (χ0) is 23.2. The Morgan fingerprint density at radius 2 is 1.09 bits per heavy atom. The molecule has 35 heavy (non-hydrogen) atoms. The summed E-state index contributed by atoms with van der Waals surface area (Å²) in [5.74, 6) is 1.53. The van der Waals surface area contributed by atoms with Crippen LogP contribution in [0.1, 0.15) is 48.6 Å². The smallest absolute Gasteiger partial charge is 0.0546 e. The Hall–Kier alpha value is -3.84. The Morgan fingerprint density at radius 3 is 1.77 bits per heavy atom. The van der Waals surface area contributed by atoms with Crippen LogP contribution in [0.25, 0.3) is 21.9 Å². The second kappa shape index (κ2) is 8.43. The average Bonchev–Trinajstić information content (AvgIpc) is 2.95. The third kappa shape index (κ3) is 3.54. The molecule has 170 valence electrons. The first kappa shape index (κ1) is 20.5. The average molecular weight is 452 g/mol. The zero-order valence-electron chi connectivity index (χ0n) is 19.9. The first-order chi connectivity index (χ1) is 17.3. The molecule has 0 atom stereocenters. The van der Waals surface area contributed by atoms with Crippen LogP contribution in [0.4, 0.5) is 17.1 Å². The van der Waals surface area contributed by atoms with Gasteiger partial charge in [-0.2, -0.15) is 0 Å². The number of anilines is 3. The molecule has 5 aromatic carbocycles. The summed E-state index contributed by atoms with van der Waals surface area (Å²) >= 11 is 0. The van der Waals surface area contributed by atoms with Crippen LogP contribution in [-0.2, 0) is 0 Å². The van der Waals surface area contributed by atoms with E-state index < -0.39 is 0 Å². The maximum Gasteiger partial charge on any atom is 0.0546 e. The van der Waals surface area contributed by atoms with Gasteiger partial charge in [-0.25, -0.2) is 0 Å². The lowest BCUT2D eigenvalue weighted by Gasteiger charge is -2.38. The van der Waals surface area contributed by atoms with Crippen molar-refractivity contribution in [3.05, 3.63) is 126 Å². The van der Waals surface area contributed by atoms with Crippen LogP contribution in [0.2, 0.25) is 0 Å². The molecular formula is C34H29N. The van der Waals surface area contributed by atoms with Gasteiger partial charge in [-0.3, -0.25) is 0 Å². The molecule has 0 aliphatic heterocycles. The van der Waals surface area contributed by atoms with E-state index in [-0.39, 0.29) is 0 Å². The molecule has 0 heterocycles. The summed E-state index contributed by atoms with van der Waals surface area (Å²) in [4.78, 5) is 2.40. The van der Waals surface area contributed by atoms with Crippen LogP contribution in [0, 0.1) is 0 Å². The lowest BCUT2D eigenvalue weighted by molar-refractivity contribution is 0.359. The van der Waals surface area contributed by atoms with Crippen molar-refractivity contribution in [2.24, 2.45) is 0 Å². The van der Waals surface area contributed by atoms with Gasteiger partial charge in [0.1, 0.15) is 0 Å². The van der Waals surface area contributed by atoms with Crippen molar-refractivity contribution in [1.29, 1.82) is 0 Å². The molecule has 1 saturated carbocycles. The Bertz CT molecular complexity index is 1460. The third-order valence-electron chi connectivity index (χ3n) is 8.14. The number of hydrogen-bond acceptors (Lipinski definition) is 1. The summed E-state index contributed by atoms with van der Waals surface area (Å²) in [6.45, 7) is 0. The largest absolute Gasteiger partial charge is 0.310 e. The van der Waals surface area contributed by atoms with Gasteiger partial charge in [0.25, 0.3) is 0 Å². The molecule has 0 N–H and O–H groups in total. The van der Waals surface area contributed by atoms with E-state index in [0.29, 0.717) is 0 Å². The van der Waals surface area contributed by atoms with E-state index in [1.165, 1.54) is 64.6 Å². The third-order valence-corrected chi connectivity index (χ3v) is 8.14. The first-order valence-corrected chi connectivity index (χ1v) is 12.9. The minimum atomic E-state index is 0.750. The van der Waals surface area contributed by atoms with E-state index in [2.05, 4.69) is 120 Å². The van der Waals surface area contributed by atoms with Crippen molar-refractivity contribution in [2.45, 2.75) is 37.5 Å². The Balaban J connectivity index is 1.44. The van der Waals surface area contributed by atoms with Crippen LogP contribution in [0.5, 0.6) is 0 Å².